The van der Waals surface area contributed by atoms with E-state index in [2.05, 4.69) is 15.0 Å². The first-order valence-corrected chi connectivity index (χ1v) is 8.83. The van der Waals surface area contributed by atoms with Crippen molar-refractivity contribution in [1.29, 1.82) is 0 Å². The summed E-state index contributed by atoms with van der Waals surface area (Å²) < 4.78 is 75.8. The van der Waals surface area contributed by atoms with E-state index in [0.29, 0.717) is 12.1 Å². The predicted molar refractivity (Wildman–Crippen MR) is 94.1 cm³/mol. The zero-order valence-electron chi connectivity index (χ0n) is 13.1. The van der Waals surface area contributed by atoms with Gasteiger partial charge in [0.2, 0.25) is 5.28 Å². The summed E-state index contributed by atoms with van der Waals surface area (Å²) in [7, 11) is 0. The van der Waals surface area contributed by atoms with Gasteiger partial charge < -0.3 is 4.98 Å². The lowest BCUT2D eigenvalue weighted by molar-refractivity contribution is -0.137. The Kier molecular flexibility index (Phi) is 7.18. The van der Waals surface area contributed by atoms with Crippen molar-refractivity contribution in [2.45, 2.75) is 16.7 Å². The Morgan fingerprint density at radius 3 is 2.00 bits per heavy atom. The quantitative estimate of drug-likeness (QED) is 0.319. The molecule has 0 saturated heterocycles. The first-order chi connectivity index (χ1) is 12.9. The molecule has 1 N–H and O–H groups in total. The van der Waals surface area contributed by atoms with Gasteiger partial charge in [0.15, 0.2) is 0 Å². The maximum Gasteiger partial charge on any atom is 0.447 e. The fourth-order valence-electron chi connectivity index (χ4n) is 1.84. The number of alkyl halides is 6. The Morgan fingerprint density at radius 2 is 1.61 bits per heavy atom. The molecule has 28 heavy (non-hydrogen) atoms. The number of hydrogen-bond donors (Lipinski definition) is 1. The summed E-state index contributed by atoms with van der Waals surface area (Å²) in [4.78, 5) is 9.87. The highest BCUT2D eigenvalue weighted by Gasteiger charge is 2.33. The summed E-state index contributed by atoms with van der Waals surface area (Å²) in [5.74, 6) is 0. The van der Waals surface area contributed by atoms with Crippen LogP contribution in [0.25, 0.3) is 5.69 Å². The first kappa shape index (κ1) is 22.7. The van der Waals surface area contributed by atoms with Crippen LogP contribution in [0.1, 0.15) is 5.56 Å². The van der Waals surface area contributed by atoms with Gasteiger partial charge in [-0.1, -0.05) is 23.2 Å². The zero-order valence-corrected chi connectivity index (χ0v) is 16.2. The van der Waals surface area contributed by atoms with Gasteiger partial charge in [-0.25, -0.2) is 9.97 Å². The lowest BCUT2D eigenvalue weighted by Crippen LogP contribution is -2.06. The topological polar surface area (TPSA) is 46.5 Å². The molecule has 0 aliphatic carbocycles. The fourth-order valence-corrected chi connectivity index (χ4v) is 3.31. The van der Waals surface area contributed by atoms with E-state index in [0.717, 1.165) is 10.8 Å². The van der Waals surface area contributed by atoms with Gasteiger partial charge in [-0.2, -0.15) is 26.3 Å². The normalized spacial score (nSPS) is 11.9. The van der Waals surface area contributed by atoms with Crippen LogP contribution < -0.4 is 0 Å². The van der Waals surface area contributed by atoms with Crippen molar-refractivity contribution in [3.8, 4) is 5.69 Å². The summed E-state index contributed by atoms with van der Waals surface area (Å²) in [6.07, 6.45) is 1.28. The summed E-state index contributed by atoms with van der Waals surface area (Å²) >= 11 is 16.7. The SMILES string of the molecule is FC(F)(F)Sc1cn(-c2c(Cl)cc(C(F)(F)F)cc2Cl)c(Cl)n1.c1c[nH]cn1. The van der Waals surface area contributed by atoms with Crippen molar-refractivity contribution >= 4 is 46.6 Å². The molecule has 0 atom stereocenters. The molecule has 0 aliphatic heterocycles. The van der Waals surface area contributed by atoms with E-state index >= 15 is 0 Å². The number of halogens is 9. The van der Waals surface area contributed by atoms with Gasteiger partial charge in [0.05, 0.1) is 27.6 Å². The average molecular weight is 484 g/mol. The molecule has 2 aromatic heterocycles. The van der Waals surface area contributed by atoms with E-state index < -0.39 is 49.4 Å². The Bertz CT molecular complexity index is 884. The largest absolute Gasteiger partial charge is 0.447 e. The molecule has 3 rings (SSSR count). The molecule has 1 aromatic carbocycles. The highest BCUT2D eigenvalue weighted by molar-refractivity contribution is 8.00. The van der Waals surface area contributed by atoms with E-state index in [4.69, 9.17) is 34.8 Å². The molecule has 0 spiro atoms. The van der Waals surface area contributed by atoms with Crippen LogP contribution >= 0.6 is 46.6 Å². The van der Waals surface area contributed by atoms with Crippen molar-refractivity contribution in [2.24, 2.45) is 0 Å². The Morgan fingerprint density at radius 1 is 1.00 bits per heavy atom. The molecule has 152 valence electrons. The number of nitrogens with zero attached hydrogens (tertiary/aromatic N) is 3. The van der Waals surface area contributed by atoms with Gasteiger partial charge in [0.1, 0.15) is 5.03 Å². The van der Waals surface area contributed by atoms with Crippen LogP contribution in [0.4, 0.5) is 26.3 Å². The van der Waals surface area contributed by atoms with Gasteiger partial charge in [-0.3, -0.25) is 4.57 Å². The third kappa shape index (κ3) is 6.23. The maximum absolute atomic E-state index is 12.7. The average Bonchev–Trinajstić information content (AvgIpc) is 3.18. The summed E-state index contributed by atoms with van der Waals surface area (Å²) in [6.45, 7) is 0. The lowest BCUT2D eigenvalue weighted by Gasteiger charge is -2.13. The molecule has 14 heteroatoms. The van der Waals surface area contributed by atoms with Crippen molar-refractivity contribution in [3.63, 3.8) is 0 Å². The number of H-pyrrole nitrogens is 1. The second kappa shape index (κ2) is 8.85. The molecule has 4 nitrogen and oxygen atoms in total. The number of aromatic amines is 1. The minimum atomic E-state index is -4.68. The molecule has 0 fully saturated rings. The van der Waals surface area contributed by atoms with Crippen LogP contribution in [-0.2, 0) is 6.18 Å². The van der Waals surface area contributed by atoms with Gasteiger partial charge >= 0.3 is 11.7 Å². The second-order valence-corrected chi connectivity index (χ2v) is 7.05. The molecule has 0 bridgehead atoms. The zero-order chi connectivity index (χ0) is 21.1. The van der Waals surface area contributed by atoms with E-state index in [9.17, 15) is 26.3 Å². The number of nitrogens with one attached hydrogen (secondary N) is 1. The lowest BCUT2D eigenvalue weighted by atomic mass is 10.2. The van der Waals surface area contributed by atoms with E-state index in [-0.39, 0.29) is 5.69 Å². The molecule has 0 unspecified atom stereocenters. The fraction of sp³-hybridized carbons (Fsp3) is 0.143. The van der Waals surface area contributed by atoms with Crippen molar-refractivity contribution < 1.29 is 26.3 Å². The number of thioether (sulfide) groups is 1. The van der Waals surface area contributed by atoms with Crippen LogP contribution in [0.3, 0.4) is 0 Å². The summed E-state index contributed by atoms with van der Waals surface area (Å²) in [5.41, 5.74) is -5.90. The van der Waals surface area contributed by atoms with Crippen LogP contribution in [0.2, 0.25) is 15.3 Å². The first-order valence-electron chi connectivity index (χ1n) is 6.88. The minimum Gasteiger partial charge on any atom is -0.351 e. The van der Waals surface area contributed by atoms with Crippen molar-refractivity contribution in [1.82, 2.24) is 19.5 Å². The van der Waals surface area contributed by atoms with Gasteiger partial charge in [-0.15, -0.1) is 0 Å². The highest BCUT2D eigenvalue weighted by atomic mass is 35.5. The number of imidazole rings is 2. The number of aromatic nitrogens is 4. The summed E-state index contributed by atoms with van der Waals surface area (Å²) in [5, 5.41) is -1.81. The third-order valence-corrected chi connectivity index (χ3v) is 4.33. The van der Waals surface area contributed by atoms with Gasteiger partial charge in [-0.05, 0) is 23.7 Å². The second-order valence-electron chi connectivity index (χ2n) is 4.81. The van der Waals surface area contributed by atoms with Crippen molar-refractivity contribution in [3.05, 3.63) is 57.9 Å². The van der Waals surface area contributed by atoms with Crippen LogP contribution in [-0.4, -0.2) is 25.0 Å². The Labute approximate surface area is 172 Å². The smallest absolute Gasteiger partial charge is 0.351 e. The molecular formula is C14H7Cl3F6N4S. The third-order valence-electron chi connectivity index (χ3n) is 2.85. The van der Waals surface area contributed by atoms with Crippen LogP contribution in [0.15, 0.2) is 42.1 Å². The molecule has 3 aromatic rings. The minimum absolute atomic E-state index is 0.201. The van der Waals surface area contributed by atoms with E-state index in [1.165, 1.54) is 0 Å². The summed E-state index contributed by atoms with van der Waals surface area (Å²) in [6, 6.07) is 1.19. The standard InChI is InChI=1S/C11H3Cl3F6N2S.C3H4N2/c12-5-1-4(10(15,16)17)2-6(13)8(5)22-3-7(21-9(22)14)23-11(18,19)20;1-2-5-3-4-1/h1-3H;1-3H,(H,4,5). The predicted octanol–water partition coefficient (Wildman–Crippen LogP) is 6.87. The van der Waals surface area contributed by atoms with E-state index in [1.807, 2.05) is 0 Å². The van der Waals surface area contributed by atoms with Crippen LogP contribution in [0.5, 0.6) is 0 Å². The number of hydrogen-bond acceptors (Lipinski definition) is 3. The number of rotatable bonds is 2. The molecule has 0 aliphatic rings. The highest BCUT2D eigenvalue weighted by Crippen LogP contribution is 2.41. The Hall–Kier alpha value is -1.56. The molecule has 2 heterocycles. The van der Waals surface area contributed by atoms with Crippen molar-refractivity contribution in [2.75, 3.05) is 0 Å². The van der Waals surface area contributed by atoms with Crippen LogP contribution in [0, 0.1) is 0 Å². The molecule has 0 saturated carbocycles. The van der Waals surface area contributed by atoms with E-state index in [1.54, 1.807) is 18.7 Å². The maximum atomic E-state index is 12.7. The van der Waals surface area contributed by atoms with Gasteiger partial charge in [0.25, 0.3) is 0 Å². The Balaban J connectivity index is 0.000000485. The number of benzene rings is 1. The van der Waals surface area contributed by atoms with Gasteiger partial charge in [0, 0.05) is 30.4 Å². The molecule has 0 amide bonds. The molecule has 0 radical (unpaired) electrons. The molecular weight excluding hydrogens is 477 g/mol. The monoisotopic (exact) mass is 482 g/mol.